The SMILES string of the molecule is Brc1ccn(C2COC2)n1. The molecule has 0 aromatic carbocycles. The second kappa shape index (κ2) is 2.36. The molecule has 0 bridgehead atoms. The lowest BCUT2D eigenvalue weighted by molar-refractivity contribution is -0.0287. The summed E-state index contributed by atoms with van der Waals surface area (Å²) in [6.07, 6.45) is 1.96. The molecule has 10 heavy (non-hydrogen) atoms. The Morgan fingerprint density at radius 3 is 2.90 bits per heavy atom. The molecule has 0 N–H and O–H groups in total. The normalized spacial score (nSPS) is 18.9. The van der Waals surface area contributed by atoms with Crippen LogP contribution < -0.4 is 0 Å². The van der Waals surface area contributed by atoms with Gasteiger partial charge in [0.05, 0.1) is 19.3 Å². The quantitative estimate of drug-likeness (QED) is 0.685. The second-order valence-corrected chi connectivity index (χ2v) is 3.12. The fourth-order valence-corrected chi connectivity index (χ4v) is 1.20. The minimum atomic E-state index is 0.464. The number of rotatable bonds is 1. The van der Waals surface area contributed by atoms with Crippen LogP contribution in [0.25, 0.3) is 0 Å². The van der Waals surface area contributed by atoms with Gasteiger partial charge >= 0.3 is 0 Å². The molecule has 0 amide bonds. The third-order valence-corrected chi connectivity index (χ3v) is 1.99. The summed E-state index contributed by atoms with van der Waals surface area (Å²) in [4.78, 5) is 0. The molecule has 3 nitrogen and oxygen atoms in total. The van der Waals surface area contributed by atoms with Crippen molar-refractivity contribution in [2.75, 3.05) is 13.2 Å². The summed E-state index contributed by atoms with van der Waals surface area (Å²) in [5.74, 6) is 0. The lowest BCUT2D eigenvalue weighted by Gasteiger charge is -2.25. The van der Waals surface area contributed by atoms with E-state index in [1.807, 2.05) is 16.9 Å². The van der Waals surface area contributed by atoms with Gasteiger partial charge in [-0.1, -0.05) is 0 Å². The molecule has 2 heterocycles. The van der Waals surface area contributed by atoms with Crippen molar-refractivity contribution >= 4 is 15.9 Å². The molecule has 1 aromatic rings. The van der Waals surface area contributed by atoms with Crippen molar-refractivity contribution in [1.82, 2.24) is 9.78 Å². The zero-order chi connectivity index (χ0) is 6.97. The molecule has 0 radical (unpaired) electrons. The summed E-state index contributed by atoms with van der Waals surface area (Å²) in [6.45, 7) is 1.60. The van der Waals surface area contributed by atoms with Gasteiger partial charge in [-0.05, 0) is 22.0 Å². The van der Waals surface area contributed by atoms with Crippen molar-refractivity contribution in [3.05, 3.63) is 16.9 Å². The smallest absolute Gasteiger partial charge is 0.128 e. The Balaban J connectivity index is 2.17. The number of nitrogens with zero attached hydrogens (tertiary/aromatic N) is 2. The predicted octanol–water partition coefficient (Wildman–Crippen LogP) is 1.22. The van der Waals surface area contributed by atoms with Crippen molar-refractivity contribution in [3.63, 3.8) is 0 Å². The zero-order valence-electron chi connectivity index (χ0n) is 5.33. The number of aromatic nitrogens is 2. The maximum absolute atomic E-state index is 5.02. The average molecular weight is 203 g/mol. The van der Waals surface area contributed by atoms with Crippen LogP contribution in [-0.4, -0.2) is 23.0 Å². The van der Waals surface area contributed by atoms with Gasteiger partial charge in [-0.15, -0.1) is 0 Å². The summed E-state index contributed by atoms with van der Waals surface area (Å²) in [5, 5.41) is 4.19. The fourth-order valence-electron chi connectivity index (χ4n) is 0.894. The van der Waals surface area contributed by atoms with Crippen molar-refractivity contribution in [2.45, 2.75) is 6.04 Å². The molecule has 0 unspecified atom stereocenters. The lowest BCUT2D eigenvalue weighted by Crippen LogP contribution is -2.30. The van der Waals surface area contributed by atoms with Crippen LogP contribution >= 0.6 is 15.9 Å². The second-order valence-electron chi connectivity index (χ2n) is 2.31. The molecule has 4 heteroatoms. The first-order valence-electron chi connectivity index (χ1n) is 3.14. The van der Waals surface area contributed by atoms with Gasteiger partial charge in [-0.25, -0.2) is 0 Å². The summed E-state index contributed by atoms with van der Waals surface area (Å²) < 4.78 is 7.83. The number of hydrogen-bond acceptors (Lipinski definition) is 2. The molecule has 1 aliphatic rings. The molecule has 54 valence electrons. The van der Waals surface area contributed by atoms with Crippen LogP contribution in [0.1, 0.15) is 6.04 Å². The number of halogens is 1. The molecule has 1 saturated heterocycles. The maximum atomic E-state index is 5.02. The molecule has 2 rings (SSSR count). The van der Waals surface area contributed by atoms with Gasteiger partial charge in [0.25, 0.3) is 0 Å². The van der Waals surface area contributed by atoms with Crippen LogP contribution in [0.15, 0.2) is 16.9 Å². The van der Waals surface area contributed by atoms with Gasteiger partial charge in [-0.2, -0.15) is 5.10 Å². The summed E-state index contributed by atoms with van der Waals surface area (Å²) in [7, 11) is 0. The van der Waals surface area contributed by atoms with Crippen LogP contribution in [-0.2, 0) is 4.74 Å². The Morgan fingerprint density at radius 1 is 1.70 bits per heavy atom. The third kappa shape index (κ3) is 0.973. The zero-order valence-corrected chi connectivity index (χ0v) is 6.91. The Bertz CT molecular complexity index is 231. The minimum absolute atomic E-state index is 0.464. The van der Waals surface area contributed by atoms with E-state index < -0.39 is 0 Å². The number of hydrogen-bond donors (Lipinski definition) is 0. The standard InChI is InChI=1S/C6H7BrN2O/c7-6-1-2-9(8-6)5-3-10-4-5/h1-2,5H,3-4H2. The van der Waals surface area contributed by atoms with E-state index >= 15 is 0 Å². The first-order valence-corrected chi connectivity index (χ1v) is 3.94. The van der Waals surface area contributed by atoms with Crippen LogP contribution in [0, 0.1) is 0 Å². The summed E-state index contributed by atoms with van der Waals surface area (Å²) in [5.41, 5.74) is 0. The fraction of sp³-hybridized carbons (Fsp3) is 0.500. The highest BCUT2D eigenvalue weighted by Crippen LogP contribution is 2.17. The van der Waals surface area contributed by atoms with Gasteiger partial charge in [0, 0.05) is 6.20 Å². The van der Waals surface area contributed by atoms with Gasteiger partial charge < -0.3 is 4.74 Å². The molecular weight excluding hydrogens is 196 g/mol. The highest BCUT2D eigenvalue weighted by molar-refractivity contribution is 9.10. The maximum Gasteiger partial charge on any atom is 0.128 e. The number of ether oxygens (including phenoxy) is 1. The topological polar surface area (TPSA) is 27.1 Å². The molecule has 0 spiro atoms. The molecule has 1 aliphatic heterocycles. The minimum Gasteiger partial charge on any atom is -0.377 e. The summed E-state index contributed by atoms with van der Waals surface area (Å²) in [6, 6.07) is 2.39. The van der Waals surface area contributed by atoms with Gasteiger partial charge in [0.1, 0.15) is 4.60 Å². The van der Waals surface area contributed by atoms with Crippen LogP contribution in [0.5, 0.6) is 0 Å². The molecule has 0 saturated carbocycles. The largest absolute Gasteiger partial charge is 0.377 e. The van der Waals surface area contributed by atoms with E-state index in [-0.39, 0.29) is 0 Å². The first kappa shape index (κ1) is 6.37. The molecule has 1 fully saturated rings. The predicted molar refractivity (Wildman–Crippen MR) is 39.8 cm³/mol. The monoisotopic (exact) mass is 202 g/mol. The Labute approximate surface area is 67.1 Å². The van der Waals surface area contributed by atoms with Crippen molar-refractivity contribution < 1.29 is 4.74 Å². The van der Waals surface area contributed by atoms with E-state index in [1.165, 1.54) is 0 Å². The highest BCUT2D eigenvalue weighted by atomic mass is 79.9. The van der Waals surface area contributed by atoms with Gasteiger partial charge in [-0.3, -0.25) is 4.68 Å². The average Bonchev–Trinajstić information content (AvgIpc) is 2.10. The summed E-state index contributed by atoms with van der Waals surface area (Å²) >= 11 is 3.28. The Kier molecular flexibility index (Phi) is 1.50. The van der Waals surface area contributed by atoms with E-state index in [1.54, 1.807) is 0 Å². The lowest BCUT2D eigenvalue weighted by atomic mass is 10.3. The van der Waals surface area contributed by atoms with Crippen molar-refractivity contribution in [1.29, 1.82) is 0 Å². The molecule has 0 atom stereocenters. The Hall–Kier alpha value is -0.350. The van der Waals surface area contributed by atoms with Crippen molar-refractivity contribution in [2.24, 2.45) is 0 Å². The Morgan fingerprint density at radius 2 is 2.50 bits per heavy atom. The van der Waals surface area contributed by atoms with Crippen LogP contribution in [0.4, 0.5) is 0 Å². The highest BCUT2D eigenvalue weighted by Gasteiger charge is 2.20. The van der Waals surface area contributed by atoms with E-state index in [0.29, 0.717) is 6.04 Å². The van der Waals surface area contributed by atoms with E-state index in [4.69, 9.17) is 4.74 Å². The molecule has 0 aliphatic carbocycles. The van der Waals surface area contributed by atoms with Crippen LogP contribution in [0.3, 0.4) is 0 Å². The van der Waals surface area contributed by atoms with Crippen LogP contribution in [0.2, 0.25) is 0 Å². The van der Waals surface area contributed by atoms with Gasteiger partial charge in [0.15, 0.2) is 0 Å². The van der Waals surface area contributed by atoms with Gasteiger partial charge in [0.2, 0.25) is 0 Å². The first-order chi connectivity index (χ1) is 4.86. The third-order valence-electron chi connectivity index (χ3n) is 1.57. The van der Waals surface area contributed by atoms with E-state index in [9.17, 15) is 0 Å². The van der Waals surface area contributed by atoms with E-state index in [0.717, 1.165) is 17.8 Å². The molecular formula is C6H7BrN2O. The van der Waals surface area contributed by atoms with Crippen molar-refractivity contribution in [3.8, 4) is 0 Å². The molecule has 1 aromatic heterocycles. The van der Waals surface area contributed by atoms with E-state index in [2.05, 4.69) is 21.0 Å².